The number of phenolic OH excluding ortho intramolecular Hbond substituents is 2. The summed E-state index contributed by atoms with van der Waals surface area (Å²) < 4.78 is 1.50. The number of carbonyl (C=O) groups is 1. The Labute approximate surface area is 186 Å². The van der Waals surface area contributed by atoms with Crippen molar-refractivity contribution >= 4 is 40.0 Å². The van der Waals surface area contributed by atoms with Crippen molar-refractivity contribution in [3.63, 3.8) is 0 Å². The number of ketones is 1. The Morgan fingerprint density at radius 1 is 1.06 bits per heavy atom. The number of aromatic nitrogens is 2. The van der Waals surface area contributed by atoms with Crippen molar-refractivity contribution in [3.8, 4) is 17.2 Å². The zero-order valence-electron chi connectivity index (χ0n) is 16.4. The molecule has 8 heteroatoms. The van der Waals surface area contributed by atoms with E-state index in [4.69, 9.17) is 11.6 Å². The highest BCUT2D eigenvalue weighted by Gasteiger charge is 2.17. The second-order valence-corrected chi connectivity index (χ2v) is 8.28. The van der Waals surface area contributed by atoms with Gasteiger partial charge in [-0.15, -0.1) is 0 Å². The van der Waals surface area contributed by atoms with Gasteiger partial charge in [-0.2, -0.15) is 0 Å². The molecule has 0 aliphatic carbocycles. The highest BCUT2D eigenvalue weighted by molar-refractivity contribution is 7.99. The number of thioether (sulfide) groups is 1. The maximum atomic E-state index is 13.3. The summed E-state index contributed by atoms with van der Waals surface area (Å²) in [6, 6.07) is 16.2. The van der Waals surface area contributed by atoms with Crippen LogP contribution in [0.5, 0.6) is 11.5 Å². The standard InChI is InChI=1S/C23H17ClN2O4S/c1-13-4-2-3-5-18(13)26-22(30)16-8-7-15(24)11-17(16)25-23(26)31-12-21(29)14-6-9-19(27)20(28)10-14/h2-11,27-28H,12H2,1H3. The van der Waals surface area contributed by atoms with E-state index in [1.54, 1.807) is 18.2 Å². The van der Waals surface area contributed by atoms with Gasteiger partial charge in [0.15, 0.2) is 22.4 Å². The summed E-state index contributed by atoms with van der Waals surface area (Å²) in [4.78, 5) is 30.6. The normalized spacial score (nSPS) is 11.0. The molecule has 0 saturated heterocycles. The van der Waals surface area contributed by atoms with Crippen molar-refractivity contribution in [2.45, 2.75) is 12.1 Å². The molecule has 0 unspecified atom stereocenters. The van der Waals surface area contributed by atoms with Crippen LogP contribution in [0.3, 0.4) is 0 Å². The lowest BCUT2D eigenvalue weighted by atomic mass is 10.1. The highest BCUT2D eigenvalue weighted by Crippen LogP contribution is 2.28. The summed E-state index contributed by atoms with van der Waals surface area (Å²) in [6.07, 6.45) is 0. The molecule has 3 aromatic carbocycles. The fourth-order valence-corrected chi connectivity index (χ4v) is 4.24. The van der Waals surface area contributed by atoms with Gasteiger partial charge in [0.1, 0.15) is 0 Å². The molecule has 0 atom stereocenters. The highest BCUT2D eigenvalue weighted by atomic mass is 35.5. The van der Waals surface area contributed by atoms with Crippen LogP contribution < -0.4 is 5.56 Å². The first-order valence-electron chi connectivity index (χ1n) is 9.31. The van der Waals surface area contributed by atoms with Gasteiger partial charge in [-0.05, 0) is 55.0 Å². The molecule has 156 valence electrons. The van der Waals surface area contributed by atoms with E-state index in [1.165, 1.54) is 22.8 Å². The van der Waals surface area contributed by atoms with E-state index in [0.717, 1.165) is 17.3 Å². The van der Waals surface area contributed by atoms with E-state index in [-0.39, 0.29) is 34.2 Å². The van der Waals surface area contributed by atoms with Crippen LogP contribution in [0.2, 0.25) is 5.02 Å². The number of hydrogen-bond acceptors (Lipinski definition) is 6. The molecule has 0 aliphatic heterocycles. The average Bonchev–Trinajstić information content (AvgIpc) is 2.74. The fraction of sp³-hybridized carbons (Fsp3) is 0.0870. The molecule has 1 heterocycles. The van der Waals surface area contributed by atoms with Gasteiger partial charge in [-0.1, -0.05) is 41.6 Å². The van der Waals surface area contributed by atoms with Gasteiger partial charge in [0.2, 0.25) is 0 Å². The minimum absolute atomic E-state index is 0.0192. The van der Waals surface area contributed by atoms with Gasteiger partial charge < -0.3 is 10.2 Å². The molecule has 0 saturated carbocycles. The Morgan fingerprint density at radius 3 is 2.58 bits per heavy atom. The molecule has 4 aromatic rings. The Kier molecular flexibility index (Phi) is 5.71. The first-order valence-corrected chi connectivity index (χ1v) is 10.7. The number of halogens is 1. The third kappa shape index (κ3) is 4.15. The maximum absolute atomic E-state index is 13.3. The van der Waals surface area contributed by atoms with Gasteiger partial charge in [0.05, 0.1) is 22.3 Å². The number of para-hydroxylation sites is 1. The van der Waals surface area contributed by atoms with Gasteiger partial charge in [0.25, 0.3) is 5.56 Å². The smallest absolute Gasteiger partial charge is 0.266 e. The van der Waals surface area contributed by atoms with E-state index in [1.807, 2.05) is 31.2 Å². The summed E-state index contributed by atoms with van der Waals surface area (Å²) in [5.74, 6) is -0.969. The van der Waals surface area contributed by atoms with Crippen molar-refractivity contribution in [2.75, 3.05) is 5.75 Å². The largest absolute Gasteiger partial charge is 0.504 e. The first-order chi connectivity index (χ1) is 14.8. The fourth-order valence-electron chi connectivity index (χ4n) is 3.17. The van der Waals surface area contributed by atoms with Crippen LogP contribution in [0.25, 0.3) is 16.6 Å². The third-order valence-electron chi connectivity index (χ3n) is 4.79. The van der Waals surface area contributed by atoms with Crippen LogP contribution in [0.15, 0.2) is 70.6 Å². The Morgan fingerprint density at radius 2 is 1.84 bits per heavy atom. The molecular weight excluding hydrogens is 436 g/mol. The quantitative estimate of drug-likeness (QED) is 0.197. The van der Waals surface area contributed by atoms with Crippen LogP contribution in [0.1, 0.15) is 15.9 Å². The third-order valence-corrected chi connectivity index (χ3v) is 5.96. The SMILES string of the molecule is Cc1ccccc1-n1c(SCC(=O)c2ccc(O)c(O)c2)nc2cc(Cl)ccc2c1=O. The molecule has 0 bridgehead atoms. The molecule has 1 aromatic heterocycles. The van der Waals surface area contributed by atoms with Gasteiger partial charge >= 0.3 is 0 Å². The molecule has 0 amide bonds. The number of fused-ring (bicyclic) bond motifs is 1. The predicted octanol–water partition coefficient (Wildman–Crippen LogP) is 4.73. The van der Waals surface area contributed by atoms with Crippen molar-refractivity contribution < 1.29 is 15.0 Å². The lowest BCUT2D eigenvalue weighted by Crippen LogP contribution is -2.23. The minimum atomic E-state index is -0.369. The average molecular weight is 453 g/mol. The number of Topliss-reactive ketones (excluding diaryl/α,β-unsaturated/α-hetero) is 1. The first kappa shape index (κ1) is 21.0. The Balaban J connectivity index is 1.79. The lowest BCUT2D eigenvalue weighted by Gasteiger charge is -2.15. The summed E-state index contributed by atoms with van der Waals surface area (Å²) in [6.45, 7) is 1.90. The van der Waals surface area contributed by atoms with E-state index in [2.05, 4.69) is 4.98 Å². The summed E-state index contributed by atoms with van der Waals surface area (Å²) >= 11 is 7.20. The number of hydrogen-bond donors (Lipinski definition) is 2. The number of carbonyl (C=O) groups excluding carboxylic acids is 1. The minimum Gasteiger partial charge on any atom is -0.504 e. The predicted molar refractivity (Wildman–Crippen MR) is 122 cm³/mol. The Hall–Kier alpha value is -3.29. The summed E-state index contributed by atoms with van der Waals surface area (Å²) in [5, 5.41) is 20.3. The number of rotatable bonds is 5. The van der Waals surface area contributed by atoms with E-state index in [9.17, 15) is 19.8 Å². The van der Waals surface area contributed by atoms with Gasteiger partial charge in [-0.25, -0.2) is 4.98 Å². The van der Waals surface area contributed by atoms with Gasteiger partial charge in [0, 0.05) is 10.6 Å². The Bertz CT molecular complexity index is 1380. The van der Waals surface area contributed by atoms with Crippen LogP contribution >= 0.6 is 23.4 Å². The molecule has 31 heavy (non-hydrogen) atoms. The lowest BCUT2D eigenvalue weighted by molar-refractivity contribution is 0.102. The molecule has 4 rings (SSSR count). The van der Waals surface area contributed by atoms with Crippen molar-refractivity contribution in [3.05, 3.63) is 87.2 Å². The number of aromatic hydroxyl groups is 2. The zero-order chi connectivity index (χ0) is 22.1. The number of phenols is 2. The topological polar surface area (TPSA) is 92.4 Å². The van der Waals surface area contributed by atoms with E-state index < -0.39 is 0 Å². The molecular formula is C23H17ClN2O4S. The van der Waals surface area contributed by atoms with Crippen molar-refractivity contribution in [1.29, 1.82) is 0 Å². The molecule has 0 radical (unpaired) electrons. The second-order valence-electron chi connectivity index (χ2n) is 6.90. The number of aryl methyl sites for hydroxylation is 1. The summed E-state index contributed by atoms with van der Waals surface area (Å²) in [5.41, 5.74) is 2.00. The number of benzene rings is 3. The molecule has 0 aliphatic rings. The van der Waals surface area contributed by atoms with Crippen LogP contribution in [0, 0.1) is 6.92 Å². The van der Waals surface area contributed by atoms with Crippen molar-refractivity contribution in [2.24, 2.45) is 0 Å². The number of nitrogens with zero attached hydrogens (tertiary/aromatic N) is 2. The second kappa shape index (κ2) is 8.45. The van der Waals surface area contributed by atoms with Crippen LogP contribution in [0.4, 0.5) is 0 Å². The molecule has 0 spiro atoms. The summed E-state index contributed by atoms with van der Waals surface area (Å²) in [7, 11) is 0. The van der Waals surface area contributed by atoms with Gasteiger partial charge in [-0.3, -0.25) is 14.2 Å². The van der Waals surface area contributed by atoms with Crippen molar-refractivity contribution in [1.82, 2.24) is 9.55 Å². The maximum Gasteiger partial charge on any atom is 0.266 e. The van der Waals surface area contributed by atoms with E-state index >= 15 is 0 Å². The van der Waals surface area contributed by atoms with E-state index in [0.29, 0.717) is 26.8 Å². The molecule has 0 fully saturated rings. The monoisotopic (exact) mass is 452 g/mol. The molecule has 6 nitrogen and oxygen atoms in total. The molecule has 2 N–H and O–H groups in total. The zero-order valence-corrected chi connectivity index (χ0v) is 17.9. The van der Waals surface area contributed by atoms with Crippen LogP contribution in [-0.2, 0) is 0 Å². The van der Waals surface area contributed by atoms with Crippen LogP contribution in [-0.4, -0.2) is 31.3 Å².